The van der Waals surface area contributed by atoms with E-state index in [4.69, 9.17) is 17.0 Å². The SMILES string of the molecule is COc1ccc2nc(NNC(=S)Nc3ccccc3C)cc(C)c2c1. The summed E-state index contributed by atoms with van der Waals surface area (Å²) in [6.45, 7) is 4.07. The summed E-state index contributed by atoms with van der Waals surface area (Å²) in [6, 6.07) is 15.8. The van der Waals surface area contributed by atoms with Crippen molar-refractivity contribution in [3.8, 4) is 5.75 Å². The van der Waals surface area contributed by atoms with E-state index in [0.29, 0.717) is 10.9 Å². The smallest absolute Gasteiger partial charge is 0.189 e. The predicted molar refractivity (Wildman–Crippen MR) is 107 cm³/mol. The Morgan fingerprint density at radius 2 is 1.84 bits per heavy atom. The molecule has 0 saturated carbocycles. The molecule has 2 aromatic carbocycles. The molecule has 128 valence electrons. The molecule has 3 N–H and O–H groups in total. The van der Waals surface area contributed by atoms with Crippen LogP contribution in [-0.2, 0) is 0 Å². The fraction of sp³-hybridized carbons (Fsp3) is 0.158. The van der Waals surface area contributed by atoms with Crippen LogP contribution in [0.15, 0.2) is 48.5 Å². The third kappa shape index (κ3) is 3.97. The van der Waals surface area contributed by atoms with Crippen LogP contribution in [0.5, 0.6) is 5.75 Å². The van der Waals surface area contributed by atoms with Crippen molar-refractivity contribution in [1.29, 1.82) is 0 Å². The highest BCUT2D eigenvalue weighted by atomic mass is 32.1. The lowest BCUT2D eigenvalue weighted by atomic mass is 10.1. The van der Waals surface area contributed by atoms with Gasteiger partial charge in [-0.05, 0) is 67.5 Å². The molecule has 1 aromatic heterocycles. The van der Waals surface area contributed by atoms with Gasteiger partial charge in [-0.25, -0.2) is 4.98 Å². The Morgan fingerprint density at radius 3 is 2.60 bits per heavy atom. The maximum Gasteiger partial charge on any atom is 0.189 e. The molecule has 5 nitrogen and oxygen atoms in total. The molecule has 0 bridgehead atoms. The summed E-state index contributed by atoms with van der Waals surface area (Å²) >= 11 is 5.33. The highest BCUT2D eigenvalue weighted by Gasteiger charge is 2.05. The number of hydrazine groups is 1. The van der Waals surface area contributed by atoms with E-state index in [1.54, 1.807) is 7.11 Å². The van der Waals surface area contributed by atoms with Gasteiger partial charge in [0.1, 0.15) is 11.6 Å². The average Bonchev–Trinajstić information content (AvgIpc) is 2.62. The quantitative estimate of drug-likeness (QED) is 0.484. The van der Waals surface area contributed by atoms with Gasteiger partial charge >= 0.3 is 0 Å². The Labute approximate surface area is 152 Å². The van der Waals surface area contributed by atoms with Gasteiger partial charge in [0.2, 0.25) is 0 Å². The minimum Gasteiger partial charge on any atom is -0.497 e. The van der Waals surface area contributed by atoms with Crippen LogP contribution < -0.4 is 20.9 Å². The number of rotatable bonds is 4. The topological polar surface area (TPSA) is 58.2 Å². The first-order chi connectivity index (χ1) is 12.1. The lowest BCUT2D eigenvalue weighted by molar-refractivity contribution is 0.415. The molecule has 0 atom stereocenters. The second kappa shape index (κ2) is 7.36. The fourth-order valence-corrected chi connectivity index (χ4v) is 2.71. The first kappa shape index (κ1) is 17.0. The zero-order valence-corrected chi connectivity index (χ0v) is 15.2. The summed E-state index contributed by atoms with van der Waals surface area (Å²) in [5.74, 6) is 1.52. The molecule has 3 aromatic rings. The number of benzene rings is 2. The lowest BCUT2D eigenvalue weighted by Gasteiger charge is -2.14. The van der Waals surface area contributed by atoms with Gasteiger partial charge in [0, 0.05) is 11.1 Å². The molecule has 0 fully saturated rings. The van der Waals surface area contributed by atoms with Crippen molar-refractivity contribution in [2.45, 2.75) is 13.8 Å². The second-order valence-electron chi connectivity index (χ2n) is 5.73. The minimum atomic E-state index is 0.476. The highest BCUT2D eigenvalue weighted by molar-refractivity contribution is 7.80. The minimum absolute atomic E-state index is 0.476. The summed E-state index contributed by atoms with van der Waals surface area (Å²) in [6.07, 6.45) is 0. The Balaban J connectivity index is 1.71. The fourth-order valence-electron chi connectivity index (χ4n) is 2.55. The van der Waals surface area contributed by atoms with Crippen LogP contribution in [0.4, 0.5) is 11.5 Å². The summed E-state index contributed by atoms with van der Waals surface area (Å²) in [7, 11) is 1.66. The molecule has 0 amide bonds. The van der Waals surface area contributed by atoms with E-state index in [1.807, 2.05) is 62.4 Å². The van der Waals surface area contributed by atoms with E-state index < -0.39 is 0 Å². The Bertz CT molecular complexity index is 926. The molecular formula is C19H20N4OS. The first-order valence-electron chi connectivity index (χ1n) is 7.91. The van der Waals surface area contributed by atoms with Gasteiger partial charge in [-0.3, -0.25) is 10.9 Å². The lowest BCUT2D eigenvalue weighted by Crippen LogP contribution is -2.33. The third-order valence-corrected chi connectivity index (χ3v) is 4.12. The third-order valence-electron chi connectivity index (χ3n) is 3.92. The van der Waals surface area contributed by atoms with Gasteiger partial charge in [-0.2, -0.15) is 0 Å². The number of para-hydroxylation sites is 1. The van der Waals surface area contributed by atoms with Crippen LogP contribution in [0.3, 0.4) is 0 Å². The van der Waals surface area contributed by atoms with E-state index in [0.717, 1.165) is 33.5 Å². The molecular weight excluding hydrogens is 332 g/mol. The number of aryl methyl sites for hydroxylation is 2. The maximum atomic E-state index is 5.33. The number of nitrogens with one attached hydrogen (secondary N) is 3. The van der Waals surface area contributed by atoms with Crippen LogP contribution in [0.1, 0.15) is 11.1 Å². The van der Waals surface area contributed by atoms with Gasteiger partial charge in [-0.15, -0.1) is 0 Å². The molecule has 0 aliphatic rings. The van der Waals surface area contributed by atoms with Crippen LogP contribution in [-0.4, -0.2) is 17.2 Å². The molecule has 0 aliphatic carbocycles. The molecule has 0 radical (unpaired) electrons. The second-order valence-corrected chi connectivity index (χ2v) is 6.13. The van der Waals surface area contributed by atoms with E-state index in [1.165, 1.54) is 0 Å². The van der Waals surface area contributed by atoms with Crippen LogP contribution in [0.25, 0.3) is 10.9 Å². The van der Waals surface area contributed by atoms with Crippen LogP contribution in [0, 0.1) is 13.8 Å². The predicted octanol–water partition coefficient (Wildman–Crippen LogP) is 4.17. The molecule has 0 saturated heterocycles. The van der Waals surface area contributed by atoms with Crippen molar-refractivity contribution >= 4 is 39.7 Å². The number of hydrogen-bond donors (Lipinski definition) is 3. The van der Waals surface area contributed by atoms with Crippen molar-refractivity contribution in [1.82, 2.24) is 10.4 Å². The van der Waals surface area contributed by atoms with Gasteiger partial charge in [0.05, 0.1) is 12.6 Å². The molecule has 6 heteroatoms. The summed E-state index contributed by atoms with van der Waals surface area (Å²) < 4.78 is 5.27. The van der Waals surface area contributed by atoms with Crippen molar-refractivity contribution in [2.75, 3.05) is 17.9 Å². The Morgan fingerprint density at radius 1 is 1.04 bits per heavy atom. The number of hydrogen-bond acceptors (Lipinski definition) is 4. The highest BCUT2D eigenvalue weighted by Crippen LogP contribution is 2.24. The Hall–Kier alpha value is -2.86. The number of fused-ring (bicyclic) bond motifs is 1. The van der Waals surface area contributed by atoms with Gasteiger partial charge in [0.25, 0.3) is 0 Å². The number of ether oxygens (including phenoxy) is 1. The van der Waals surface area contributed by atoms with Crippen molar-refractivity contribution in [3.63, 3.8) is 0 Å². The number of anilines is 2. The van der Waals surface area contributed by atoms with Gasteiger partial charge < -0.3 is 10.1 Å². The summed E-state index contributed by atoms with van der Waals surface area (Å²) in [4.78, 5) is 4.59. The zero-order valence-electron chi connectivity index (χ0n) is 14.4. The number of methoxy groups -OCH3 is 1. The normalized spacial score (nSPS) is 10.4. The average molecular weight is 352 g/mol. The number of nitrogens with zero attached hydrogens (tertiary/aromatic N) is 1. The summed E-state index contributed by atoms with van der Waals surface area (Å²) in [5.41, 5.74) is 10.1. The van der Waals surface area contributed by atoms with Crippen molar-refractivity contribution in [2.24, 2.45) is 0 Å². The number of thiocarbonyl (C=S) groups is 1. The molecule has 0 aliphatic heterocycles. The van der Waals surface area contributed by atoms with Crippen LogP contribution >= 0.6 is 12.2 Å². The molecule has 3 rings (SSSR count). The maximum absolute atomic E-state index is 5.33. The molecule has 0 spiro atoms. The Kier molecular flexibility index (Phi) is 5.00. The largest absolute Gasteiger partial charge is 0.497 e. The van der Waals surface area contributed by atoms with Gasteiger partial charge in [0.15, 0.2) is 5.11 Å². The molecule has 1 heterocycles. The molecule has 25 heavy (non-hydrogen) atoms. The molecule has 0 unspecified atom stereocenters. The van der Waals surface area contributed by atoms with Crippen molar-refractivity contribution in [3.05, 3.63) is 59.7 Å². The standard InChI is InChI=1S/C19H20N4OS/c1-12-6-4-5-7-16(12)21-19(25)23-22-18-10-13(2)15-11-14(24-3)8-9-17(15)20-18/h4-11H,1-3H3,(H,20,22)(H2,21,23,25). The number of pyridine rings is 1. The van der Waals surface area contributed by atoms with E-state index in [-0.39, 0.29) is 0 Å². The zero-order chi connectivity index (χ0) is 17.8. The van der Waals surface area contributed by atoms with E-state index in [9.17, 15) is 0 Å². The van der Waals surface area contributed by atoms with Crippen LogP contribution in [0.2, 0.25) is 0 Å². The number of aromatic nitrogens is 1. The van der Waals surface area contributed by atoms with Gasteiger partial charge in [-0.1, -0.05) is 18.2 Å². The van der Waals surface area contributed by atoms with E-state index >= 15 is 0 Å². The summed E-state index contributed by atoms with van der Waals surface area (Å²) in [5, 5.41) is 4.70. The van der Waals surface area contributed by atoms with E-state index in [2.05, 4.69) is 21.2 Å². The van der Waals surface area contributed by atoms with Crippen molar-refractivity contribution < 1.29 is 4.74 Å². The monoisotopic (exact) mass is 352 g/mol. The first-order valence-corrected chi connectivity index (χ1v) is 8.31.